The van der Waals surface area contributed by atoms with Crippen molar-refractivity contribution in [1.82, 2.24) is 0 Å². The van der Waals surface area contributed by atoms with Gasteiger partial charge in [0.2, 0.25) is 0 Å². The SMILES string of the molecule is [C-]#[N+]/C(C#N)=C(/C(C#N)=C/C=C/C1=C(N(c2ccccc2)c2ccccc2)C(=C/C=C/C(C#N)=C(\c2ccc(C(=O)O)cc2)C(C#N)C#N)CC1)c1ccc(C(=O)O)cc1. The second-order valence-electron chi connectivity index (χ2n) is 12.8. The lowest BCUT2D eigenvalue weighted by atomic mass is 9.89. The summed E-state index contributed by atoms with van der Waals surface area (Å²) in [5, 5.41) is 68.8. The van der Waals surface area contributed by atoms with Gasteiger partial charge in [0.05, 0.1) is 64.9 Å². The van der Waals surface area contributed by atoms with Crippen LogP contribution in [0.4, 0.5) is 11.4 Å². The first-order valence-electron chi connectivity index (χ1n) is 18.1. The number of anilines is 2. The lowest BCUT2D eigenvalue weighted by Crippen LogP contribution is -2.17. The number of para-hydroxylation sites is 2. The maximum absolute atomic E-state index is 11.5. The molecule has 0 heterocycles. The first-order chi connectivity index (χ1) is 29.2. The molecule has 0 aromatic heterocycles. The van der Waals surface area contributed by atoms with Gasteiger partial charge in [-0.2, -0.15) is 21.0 Å². The molecule has 4 aromatic rings. The fraction of sp³-hybridized carbons (Fsp3) is 0.0612. The van der Waals surface area contributed by atoms with Crippen LogP contribution in [0.1, 0.15) is 44.7 Å². The van der Waals surface area contributed by atoms with E-state index in [9.17, 15) is 46.1 Å². The number of hydrogen-bond acceptors (Lipinski definition) is 8. The first kappa shape index (κ1) is 41.9. The van der Waals surface area contributed by atoms with Crippen LogP contribution in [0, 0.1) is 69.1 Å². The van der Waals surface area contributed by atoms with Crippen molar-refractivity contribution in [3.8, 4) is 30.3 Å². The van der Waals surface area contributed by atoms with Gasteiger partial charge in [-0.25, -0.2) is 19.7 Å². The Balaban J connectivity index is 1.68. The average molecular weight is 782 g/mol. The summed E-state index contributed by atoms with van der Waals surface area (Å²) in [4.78, 5) is 28.4. The minimum absolute atomic E-state index is 0.00343. The number of benzene rings is 4. The van der Waals surface area contributed by atoms with Gasteiger partial charge < -0.3 is 15.1 Å². The van der Waals surface area contributed by atoms with Crippen molar-refractivity contribution in [3.05, 3.63) is 213 Å². The Morgan fingerprint density at radius 2 is 1.22 bits per heavy atom. The lowest BCUT2D eigenvalue weighted by molar-refractivity contribution is 0.0686. The van der Waals surface area contributed by atoms with Crippen molar-refractivity contribution in [1.29, 1.82) is 26.3 Å². The number of nitrogens with zero attached hydrogens (tertiary/aromatic N) is 7. The molecular weight excluding hydrogens is 751 g/mol. The summed E-state index contributed by atoms with van der Waals surface area (Å²) in [6, 6.07) is 40.4. The first-order valence-corrected chi connectivity index (χ1v) is 18.1. The van der Waals surface area contributed by atoms with E-state index in [-0.39, 0.29) is 39.1 Å². The van der Waals surface area contributed by atoms with Gasteiger partial charge in [0.25, 0.3) is 5.70 Å². The zero-order valence-electron chi connectivity index (χ0n) is 31.7. The molecule has 0 radical (unpaired) electrons. The van der Waals surface area contributed by atoms with Gasteiger partial charge in [-0.1, -0.05) is 85.0 Å². The third-order valence-electron chi connectivity index (χ3n) is 9.31. The van der Waals surface area contributed by atoms with Crippen LogP contribution in [0.5, 0.6) is 0 Å². The number of carboxylic acids is 2. The van der Waals surface area contributed by atoms with Crippen LogP contribution in [0.2, 0.25) is 0 Å². The maximum atomic E-state index is 11.5. The predicted molar refractivity (Wildman–Crippen MR) is 225 cm³/mol. The van der Waals surface area contributed by atoms with Crippen molar-refractivity contribution in [2.24, 2.45) is 5.92 Å². The topological polar surface area (TPSA) is 201 Å². The molecule has 1 aliphatic carbocycles. The molecule has 0 saturated carbocycles. The highest BCUT2D eigenvalue weighted by molar-refractivity contribution is 5.92. The normalized spacial score (nSPS) is 14.0. The van der Waals surface area contributed by atoms with E-state index in [4.69, 9.17) is 6.57 Å². The van der Waals surface area contributed by atoms with E-state index >= 15 is 0 Å². The number of aromatic carboxylic acids is 2. The van der Waals surface area contributed by atoms with E-state index in [2.05, 4.69) is 21.9 Å². The molecule has 0 aliphatic heterocycles. The quantitative estimate of drug-likeness (QED) is 0.0746. The summed E-state index contributed by atoms with van der Waals surface area (Å²) < 4.78 is 0. The van der Waals surface area contributed by atoms with E-state index in [1.807, 2.05) is 91.0 Å². The van der Waals surface area contributed by atoms with Gasteiger partial charge >= 0.3 is 11.9 Å². The summed E-state index contributed by atoms with van der Waals surface area (Å²) >= 11 is 0. The standard InChI is InChI=1S/C49H31N7O4/c1-55-44(32-54)46(34-20-26-38(27-21-34)49(59)60)40(29-51)13-9-11-36-23-22-35(47(36)56(42-14-4-2-5-15-42)43-16-6-3-7-17-43)10-8-12-39(28-50)45(41(30-52)31-53)33-18-24-37(25-19-33)48(57)58/h2-21,24-27,41H,22-23H2,(H,57,58)(H,59,60)/b11-9+,12-8+,35-10?,40-13+,45-39-,46-44+. The number of carbonyl (C=O) groups is 2. The third kappa shape index (κ3) is 9.57. The van der Waals surface area contributed by atoms with Crippen LogP contribution in [0.15, 0.2) is 179 Å². The number of carboxylic acid groups (broad SMARTS) is 2. The average Bonchev–Trinajstić information content (AvgIpc) is 3.67. The molecule has 11 heteroatoms. The molecular formula is C49H31N7O4. The largest absolute Gasteiger partial charge is 0.478 e. The van der Waals surface area contributed by atoms with Crippen LogP contribution in [-0.2, 0) is 0 Å². The highest BCUT2D eigenvalue weighted by Gasteiger charge is 2.26. The van der Waals surface area contributed by atoms with Crippen molar-refractivity contribution in [2.45, 2.75) is 12.8 Å². The van der Waals surface area contributed by atoms with Gasteiger partial charge in [-0.3, -0.25) is 0 Å². The second kappa shape index (κ2) is 20.1. The number of allylic oxidation sites excluding steroid dienone is 13. The van der Waals surface area contributed by atoms with Crippen molar-refractivity contribution in [2.75, 3.05) is 4.90 Å². The summed E-state index contributed by atoms with van der Waals surface area (Å²) in [6.07, 6.45) is 11.1. The van der Waals surface area contributed by atoms with Crippen molar-refractivity contribution < 1.29 is 19.8 Å². The highest BCUT2D eigenvalue weighted by Crippen LogP contribution is 2.42. The molecule has 0 spiro atoms. The summed E-state index contributed by atoms with van der Waals surface area (Å²) in [6.45, 7) is 7.62. The molecule has 2 N–H and O–H groups in total. The molecule has 0 saturated heterocycles. The monoisotopic (exact) mass is 781 g/mol. The number of nitriles is 5. The summed E-state index contributed by atoms with van der Waals surface area (Å²) in [5.74, 6) is -3.61. The summed E-state index contributed by atoms with van der Waals surface area (Å²) in [5.41, 5.74) is 4.83. The molecule has 5 rings (SSSR count). The lowest BCUT2D eigenvalue weighted by Gasteiger charge is -2.28. The molecule has 60 heavy (non-hydrogen) atoms. The van der Waals surface area contributed by atoms with Crippen LogP contribution in [0.3, 0.4) is 0 Å². The smallest absolute Gasteiger partial charge is 0.335 e. The van der Waals surface area contributed by atoms with Crippen LogP contribution >= 0.6 is 0 Å². The van der Waals surface area contributed by atoms with Crippen molar-refractivity contribution >= 4 is 34.5 Å². The van der Waals surface area contributed by atoms with Gasteiger partial charge in [-0.05, 0) is 95.8 Å². The highest BCUT2D eigenvalue weighted by atomic mass is 16.4. The fourth-order valence-corrected chi connectivity index (χ4v) is 6.53. The van der Waals surface area contributed by atoms with Gasteiger partial charge in [0.15, 0.2) is 5.92 Å². The molecule has 0 unspecified atom stereocenters. The molecule has 11 nitrogen and oxygen atoms in total. The number of rotatable bonds is 13. The van der Waals surface area contributed by atoms with Crippen LogP contribution in [-0.4, -0.2) is 22.2 Å². The third-order valence-corrected chi connectivity index (χ3v) is 9.31. The Hall–Kier alpha value is -9.26. The van der Waals surface area contributed by atoms with Gasteiger partial charge in [0.1, 0.15) is 0 Å². The Kier molecular flexibility index (Phi) is 14.0. The van der Waals surface area contributed by atoms with E-state index in [1.54, 1.807) is 12.2 Å². The van der Waals surface area contributed by atoms with Crippen molar-refractivity contribution in [3.63, 3.8) is 0 Å². The Labute approximate surface area is 346 Å². The summed E-state index contributed by atoms with van der Waals surface area (Å²) in [7, 11) is 0. The van der Waals surface area contributed by atoms with E-state index in [1.165, 1.54) is 60.7 Å². The second-order valence-corrected chi connectivity index (χ2v) is 12.8. The zero-order valence-corrected chi connectivity index (χ0v) is 31.7. The Morgan fingerprint density at radius 1 is 0.683 bits per heavy atom. The van der Waals surface area contributed by atoms with Gasteiger partial charge in [0, 0.05) is 22.5 Å². The molecule has 0 atom stereocenters. The molecule has 0 fully saturated rings. The van der Waals surface area contributed by atoms with Gasteiger partial charge in [-0.15, -0.1) is 0 Å². The minimum Gasteiger partial charge on any atom is -0.478 e. The van der Waals surface area contributed by atoms with Crippen LogP contribution in [0.25, 0.3) is 16.0 Å². The fourth-order valence-electron chi connectivity index (χ4n) is 6.53. The molecule has 1 aliphatic rings. The van der Waals surface area contributed by atoms with Crippen LogP contribution < -0.4 is 4.90 Å². The van der Waals surface area contributed by atoms with E-state index < -0.39 is 17.9 Å². The van der Waals surface area contributed by atoms with E-state index in [0.29, 0.717) is 24.0 Å². The van der Waals surface area contributed by atoms with E-state index in [0.717, 1.165) is 28.2 Å². The molecule has 0 bridgehead atoms. The Morgan fingerprint density at radius 3 is 1.68 bits per heavy atom. The predicted octanol–water partition coefficient (Wildman–Crippen LogP) is 10.3. The zero-order chi connectivity index (χ0) is 43.0. The maximum Gasteiger partial charge on any atom is 0.335 e. The number of hydrogen-bond donors (Lipinski definition) is 2. The molecule has 4 aromatic carbocycles. The molecule has 286 valence electrons. The minimum atomic E-state index is -1.32. The Bertz CT molecular complexity index is 2730. The molecule has 0 amide bonds.